The van der Waals surface area contributed by atoms with Crippen LogP contribution in [-0.4, -0.2) is 46.5 Å². The fraction of sp³-hybridized carbons (Fsp3) is 0.273. The highest BCUT2D eigenvalue weighted by molar-refractivity contribution is 5.93. The van der Waals surface area contributed by atoms with Crippen molar-refractivity contribution in [2.24, 2.45) is 10.9 Å². The van der Waals surface area contributed by atoms with Gasteiger partial charge < -0.3 is 20.5 Å². The van der Waals surface area contributed by atoms with Gasteiger partial charge in [-0.3, -0.25) is 0 Å². The Hall–Kier alpha value is -3.72. The van der Waals surface area contributed by atoms with Crippen LogP contribution in [-0.2, 0) is 14.5 Å². The van der Waals surface area contributed by atoms with E-state index in [4.69, 9.17) is 15.4 Å². The van der Waals surface area contributed by atoms with Crippen molar-refractivity contribution in [3.05, 3.63) is 71.8 Å². The molecule has 0 saturated heterocycles. The monoisotopic (exact) mass is 427 g/mol. The second kappa shape index (κ2) is 12.1. The lowest BCUT2D eigenvalue weighted by Gasteiger charge is -2.28. The Bertz CT molecular complexity index is 902. The van der Waals surface area contributed by atoms with Crippen molar-refractivity contribution in [3.63, 3.8) is 0 Å². The number of unbranched alkanes of at least 4 members (excludes halogenated alkanes) is 1. The molecule has 9 nitrogen and oxygen atoms in total. The molecule has 0 amide bonds. The molecule has 0 unspecified atom stereocenters. The number of carboxylic acids is 1. The summed E-state index contributed by atoms with van der Waals surface area (Å²) in [5.41, 5.74) is 5.99. The Morgan fingerprint density at radius 3 is 2.03 bits per heavy atom. The van der Waals surface area contributed by atoms with Gasteiger partial charge in [0.15, 0.2) is 11.9 Å². The number of amidine groups is 1. The summed E-state index contributed by atoms with van der Waals surface area (Å²) in [6.07, 6.45) is 1.24. The molecule has 3 N–H and O–H groups in total. The number of hydrogen-bond acceptors (Lipinski definition) is 7. The maximum absolute atomic E-state index is 12.5. The van der Waals surface area contributed by atoms with Crippen molar-refractivity contribution in [1.29, 1.82) is 0 Å². The molecule has 0 heterocycles. The number of oxime groups is 1. The number of nitrogens with zero attached hydrogens (tertiary/aromatic N) is 2. The number of hydroxylamine groups is 2. The van der Waals surface area contributed by atoms with E-state index in [9.17, 15) is 19.5 Å². The van der Waals surface area contributed by atoms with E-state index in [1.807, 2.05) is 0 Å². The third-order valence-corrected chi connectivity index (χ3v) is 4.28. The first-order valence-electron chi connectivity index (χ1n) is 9.74. The summed E-state index contributed by atoms with van der Waals surface area (Å²) in [6, 6.07) is 15.0. The molecule has 9 heteroatoms. The molecule has 0 aliphatic rings. The van der Waals surface area contributed by atoms with Gasteiger partial charge in [0, 0.05) is 6.92 Å². The predicted octanol–water partition coefficient (Wildman–Crippen LogP) is 2.83. The Kier molecular flexibility index (Phi) is 9.18. The van der Waals surface area contributed by atoms with Crippen LogP contribution in [0.2, 0.25) is 0 Å². The Labute approximate surface area is 180 Å². The zero-order valence-corrected chi connectivity index (χ0v) is 17.1. The number of benzene rings is 2. The summed E-state index contributed by atoms with van der Waals surface area (Å²) in [7, 11) is 0. The van der Waals surface area contributed by atoms with Gasteiger partial charge in [-0.05, 0) is 50.1 Å². The summed E-state index contributed by atoms with van der Waals surface area (Å²) in [5, 5.41) is 14.3. The van der Waals surface area contributed by atoms with Crippen molar-refractivity contribution in [2.75, 3.05) is 6.54 Å². The molecule has 0 aliphatic carbocycles. The van der Waals surface area contributed by atoms with Crippen LogP contribution in [0.4, 0.5) is 0 Å². The number of carboxylic acid groups (broad SMARTS) is 1. The summed E-state index contributed by atoms with van der Waals surface area (Å²) in [5.74, 6) is -2.82. The fourth-order valence-corrected chi connectivity index (χ4v) is 2.67. The van der Waals surface area contributed by atoms with E-state index in [0.717, 1.165) is 5.06 Å². The fourth-order valence-electron chi connectivity index (χ4n) is 2.67. The third kappa shape index (κ3) is 7.23. The molecule has 0 saturated carbocycles. The van der Waals surface area contributed by atoms with Gasteiger partial charge in [0.2, 0.25) is 0 Å². The predicted molar refractivity (Wildman–Crippen MR) is 113 cm³/mol. The first kappa shape index (κ1) is 23.6. The van der Waals surface area contributed by atoms with E-state index in [1.54, 1.807) is 48.5 Å². The second-order valence-corrected chi connectivity index (χ2v) is 6.59. The second-order valence-electron chi connectivity index (χ2n) is 6.59. The largest absolute Gasteiger partial charge is 0.480 e. The van der Waals surface area contributed by atoms with E-state index in [2.05, 4.69) is 5.16 Å². The van der Waals surface area contributed by atoms with Gasteiger partial charge in [-0.2, -0.15) is 5.06 Å². The Balaban J connectivity index is 2.24. The highest BCUT2D eigenvalue weighted by Crippen LogP contribution is 2.14. The SMILES string of the molecule is C/C(=N\OC(=O)c1ccccc1)N(OC(=O)c1ccccc1)[C@@H](CCCCN)C(=O)O. The van der Waals surface area contributed by atoms with Crippen LogP contribution >= 0.6 is 0 Å². The van der Waals surface area contributed by atoms with Crippen molar-refractivity contribution in [2.45, 2.75) is 32.2 Å². The van der Waals surface area contributed by atoms with Crippen LogP contribution in [0.1, 0.15) is 46.9 Å². The summed E-state index contributed by atoms with van der Waals surface area (Å²) in [6.45, 7) is 1.79. The summed E-state index contributed by atoms with van der Waals surface area (Å²) >= 11 is 0. The Morgan fingerprint density at radius 2 is 1.52 bits per heavy atom. The molecular weight excluding hydrogens is 402 g/mol. The van der Waals surface area contributed by atoms with E-state index >= 15 is 0 Å². The average Bonchev–Trinajstić information content (AvgIpc) is 2.79. The van der Waals surface area contributed by atoms with Crippen molar-refractivity contribution in [3.8, 4) is 0 Å². The molecule has 0 aromatic heterocycles. The van der Waals surface area contributed by atoms with Gasteiger partial charge in [0.1, 0.15) is 0 Å². The number of carbonyl (C=O) groups is 3. The summed E-state index contributed by atoms with van der Waals surface area (Å²) in [4.78, 5) is 46.8. The molecule has 1 atom stereocenters. The number of nitrogens with two attached hydrogens (primary N) is 1. The van der Waals surface area contributed by atoms with Crippen molar-refractivity contribution >= 4 is 23.7 Å². The molecule has 0 fully saturated rings. The number of aliphatic carboxylic acids is 1. The molecule has 2 rings (SSSR count). The highest BCUT2D eigenvalue weighted by atomic mass is 16.7. The molecule has 164 valence electrons. The number of rotatable bonds is 9. The van der Waals surface area contributed by atoms with E-state index in [0.29, 0.717) is 19.4 Å². The van der Waals surface area contributed by atoms with E-state index in [-0.39, 0.29) is 23.4 Å². The normalized spacial score (nSPS) is 12.0. The third-order valence-electron chi connectivity index (χ3n) is 4.28. The van der Waals surface area contributed by atoms with Crippen LogP contribution in [0.25, 0.3) is 0 Å². The maximum atomic E-state index is 12.5. The smallest absolute Gasteiger partial charge is 0.365 e. The zero-order valence-electron chi connectivity index (χ0n) is 17.1. The van der Waals surface area contributed by atoms with Crippen molar-refractivity contribution < 1.29 is 29.2 Å². The van der Waals surface area contributed by atoms with E-state index < -0.39 is 23.9 Å². The molecule has 0 spiro atoms. The van der Waals surface area contributed by atoms with Crippen LogP contribution in [0, 0.1) is 0 Å². The minimum Gasteiger partial charge on any atom is -0.480 e. The quantitative estimate of drug-likeness (QED) is 0.205. The molecule has 2 aromatic rings. The molecule has 0 radical (unpaired) electrons. The first-order chi connectivity index (χ1) is 14.9. The lowest BCUT2D eigenvalue weighted by atomic mass is 10.1. The van der Waals surface area contributed by atoms with Gasteiger partial charge in [-0.15, -0.1) is 0 Å². The van der Waals surface area contributed by atoms with Crippen LogP contribution < -0.4 is 5.73 Å². The van der Waals surface area contributed by atoms with Gasteiger partial charge in [-0.25, -0.2) is 14.4 Å². The molecule has 0 aliphatic heterocycles. The Morgan fingerprint density at radius 1 is 0.968 bits per heavy atom. The van der Waals surface area contributed by atoms with Crippen LogP contribution in [0.15, 0.2) is 65.8 Å². The van der Waals surface area contributed by atoms with Crippen LogP contribution in [0.3, 0.4) is 0 Å². The molecule has 2 aromatic carbocycles. The topological polar surface area (TPSA) is 132 Å². The van der Waals surface area contributed by atoms with Gasteiger partial charge >= 0.3 is 17.9 Å². The van der Waals surface area contributed by atoms with E-state index in [1.165, 1.54) is 19.1 Å². The lowest BCUT2D eigenvalue weighted by molar-refractivity contribution is -0.155. The zero-order chi connectivity index (χ0) is 22.6. The highest BCUT2D eigenvalue weighted by Gasteiger charge is 2.31. The van der Waals surface area contributed by atoms with Crippen molar-refractivity contribution in [1.82, 2.24) is 5.06 Å². The molecule has 0 bridgehead atoms. The average molecular weight is 427 g/mol. The first-order valence-corrected chi connectivity index (χ1v) is 9.74. The maximum Gasteiger partial charge on any atom is 0.365 e. The van der Waals surface area contributed by atoms with Gasteiger partial charge in [0.25, 0.3) is 0 Å². The summed E-state index contributed by atoms with van der Waals surface area (Å²) < 4.78 is 0. The minimum atomic E-state index is -1.24. The number of hydrogen-bond donors (Lipinski definition) is 2. The van der Waals surface area contributed by atoms with Crippen LogP contribution in [0.5, 0.6) is 0 Å². The molecular formula is C22H25N3O6. The minimum absolute atomic E-state index is 0.103. The standard InChI is InChI=1S/C22H25N3O6/c1-16(24-30-21(28)17-10-4-2-5-11-17)25(19(20(26)27)14-8-9-15-23)31-22(29)18-12-6-3-7-13-18/h2-7,10-13,19H,8-9,14-15,23H2,1H3,(H,26,27)/b24-16+/t19-/m0/s1. The number of carbonyl (C=O) groups excluding carboxylic acids is 2. The van der Waals surface area contributed by atoms with Gasteiger partial charge in [-0.1, -0.05) is 41.6 Å². The lowest BCUT2D eigenvalue weighted by Crippen LogP contribution is -2.45. The van der Waals surface area contributed by atoms with Gasteiger partial charge in [0.05, 0.1) is 11.1 Å². The molecule has 31 heavy (non-hydrogen) atoms.